The van der Waals surface area contributed by atoms with Gasteiger partial charge < -0.3 is 15.4 Å². The summed E-state index contributed by atoms with van der Waals surface area (Å²) in [6, 6.07) is 16.1. The summed E-state index contributed by atoms with van der Waals surface area (Å²) in [7, 11) is 3.73. The van der Waals surface area contributed by atoms with Crippen LogP contribution < -0.4 is 15.4 Å². The quantitative estimate of drug-likeness (QED) is 0.832. The van der Waals surface area contributed by atoms with E-state index < -0.39 is 0 Å². The van der Waals surface area contributed by atoms with Crippen LogP contribution in [0.1, 0.15) is 11.1 Å². The van der Waals surface area contributed by atoms with Crippen molar-refractivity contribution in [1.82, 2.24) is 0 Å². The van der Waals surface area contributed by atoms with Crippen LogP contribution in [0, 0.1) is 0 Å². The lowest BCUT2D eigenvalue weighted by Gasteiger charge is -2.22. The van der Waals surface area contributed by atoms with E-state index in [0.717, 1.165) is 30.0 Å². The van der Waals surface area contributed by atoms with Crippen molar-refractivity contribution in [2.24, 2.45) is 5.73 Å². The number of nitrogens with zero attached hydrogens (tertiary/aromatic N) is 1. The molecule has 0 bridgehead atoms. The van der Waals surface area contributed by atoms with Gasteiger partial charge in [-0.2, -0.15) is 0 Å². The minimum absolute atomic E-state index is 0.432. The maximum atomic E-state index is 5.78. The summed E-state index contributed by atoms with van der Waals surface area (Å²) in [6.07, 6.45) is 0.951. The van der Waals surface area contributed by atoms with Crippen LogP contribution in [0.3, 0.4) is 0 Å². The molecule has 2 aromatic rings. The molecule has 0 aliphatic heterocycles. The number of methoxy groups -OCH3 is 1. The number of benzene rings is 2. The third-order valence-corrected chi connectivity index (χ3v) is 3.70. The van der Waals surface area contributed by atoms with Gasteiger partial charge in [-0.05, 0) is 36.2 Å². The molecule has 0 aromatic heterocycles. The van der Waals surface area contributed by atoms with Gasteiger partial charge in [0.2, 0.25) is 0 Å². The zero-order chi connectivity index (χ0) is 15.2. The Balaban J connectivity index is 2.04. The van der Waals surface area contributed by atoms with Crippen LogP contribution in [0.15, 0.2) is 48.5 Å². The van der Waals surface area contributed by atoms with Crippen LogP contribution >= 0.6 is 12.2 Å². The molecule has 2 N–H and O–H groups in total. The Bertz CT molecular complexity index is 610. The van der Waals surface area contributed by atoms with Gasteiger partial charge >= 0.3 is 0 Å². The lowest BCUT2D eigenvalue weighted by Crippen LogP contribution is -2.24. The molecule has 0 atom stereocenters. The number of hydrogen-bond acceptors (Lipinski definition) is 3. The van der Waals surface area contributed by atoms with Crippen LogP contribution in [0.5, 0.6) is 5.75 Å². The standard InChI is InChI=1S/C17H20N2OS/c1-19(16-6-4-3-5-15(16)17(18)21)12-11-13-7-9-14(20-2)10-8-13/h3-10H,11-12H2,1-2H3,(H2,18,21). The van der Waals surface area contributed by atoms with Crippen LogP contribution in [0.4, 0.5) is 5.69 Å². The number of ether oxygens (including phenoxy) is 1. The van der Waals surface area contributed by atoms with Crippen LogP contribution in [-0.2, 0) is 6.42 Å². The molecule has 2 aromatic carbocycles. The highest BCUT2D eigenvalue weighted by Gasteiger charge is 2.08. The molecular weight excluding hydrogens is 280 g/mol. The number of rotatable bonds is 6. The fraction of sp³-hybridized carbons (Fsp3) is 0.235. The highest BCUT2D eigenvalue weighted by atomic mass is 32.1. The summed E-state index contributed by atoms with van der Waals surface area (Å²) in [4.78, 5) is 2.61. The Kier molecular flexibility index (Phi) is 5.17. The summed E-state index contributed by atoms with van der Waals surface area (Å²) in [6.45, 7) is 0.895. The van der Waals surface area contributed by atoms with Crippen molar-refractivity contribution in [1.29, 1.82) is 0 Å². The highest BCUT2D eigenvalue weighted by molar-refractivity contribution is 7.80. The molecule has 3 nitrogen and oxygen atoms in total. The van der Waals surface area contributed by atoms with Crippen molar-refractivity contribution >= 4 is 22.9 Å². The average Bonchev–Trinajstić information content (AvgIpc) is 2.53. The van der Waals surface area contributed by atoms with Gasteiger partial charge in [0.1, 0.15) is 10.7 Å². The highest BCUT2D eigenvalue weighted by Crippen LogP contribution is 2.20. The van der Waals surface area contributed by atoms with Gasteiger partial charge in [0, 0.05) is 24.8 Å². The number of likely N-dealkylation sites (N-methyl/N-ethyl adjacent to an activating group) is 1. The van der Waals surface area contributed by atoms with Gasteiger partial charge in [-0.3, -0.25) is 0 Å². The summed E-state index contributed by atoms with van der Waals surface area (Å²) in [5, 5.41) is 0. The van der Waals surface area contributed by atoms with Crippen molar-refractivity contribution < 1.29 is 4.74 Å². The predicted molar refractivity (Wildman–Crippen MR) is 92.3 cm³/mol. The topological polar surface area (TPSA) is 38.5 Å². The van der Waals surface area contributed by atoms with E-state index in [2.05, 4.69) is 24.1 Å². The Morgan fingerprint density at radius 3 is 2.43 bits per heavy atom. The van der Waals surface area contributed by atoms with E-state index in [1.165, 1.54) is 5.56 Å². The predicted octanol–water partition coefficient (Wildman–Crippen LogP) is 3.01. The molecule has 4 heteroatoms. The number of nitrogens with two attached hydrogens (primary N) is 1. The number of thiocarbonyl (C=S) groups is 1. The van der Waals surface area contributed by atoms with E-state index in [0.29, 0.717) is 4.99 Å². The maximum Gasteiger partial charge on any atom is 0.118 e. The third-order valence-electron chi connectivity index (χ3n) is 3.48. The van der Waals surface area contributed by atoms with Gasteiger partial charge in [-0.25, -0.2) is 0 Å². The van der Waals surface area contributed by atoms with Gasteiger partial charge in [0.25, 0.3) is 0 Å². The average molecular weight is 300 g/mol. The summed E-state index contributed by atoms with van der Waals surface area (Å²) >= 11 is 5.11. The van der Waals surface area contributed by atoms with E-state index in [9.17, 15) is 0 Å². The second kappa shape index (κ2) is 7.09. The van der Waals surface area contributed by atoms with E-state index in [1.54, 1.807) is 7.11 Å². The van der Waals surface area contributed by atoms with Crippen molar-refractivity contribution in [3.05, 3.63) is 59.7 Å². The molecule has 2 rings (SSSR count). The molecule has 0 unspecified atom stereocenters. The van der Waals surface area contributed by atoms with Crippen molar-refractivity contribution in [3.63, 3.8) is 0 Å². The van der Waals surface area contributed by atoms with Gasteiger partial charge in [-0.15, -0.1) is 0 Å². The third kappa shape index (κ3) is 3.95. The maximum absolute atomic E-state index is 5.78. The van der Waals surface area contributed by atoms with Crippen molar-refractivity contribution in [3.8, 4) is 5.75 Å². The van der Waals surface area contributed by atoms with E-state index >= 15 is 0 Å². The second-order valence-electron chi connectivity index (χ2n) is 4.90. The molecule has 21 heavy (non-hydrogen) atoms. The SMILES string of the molecule is COc1ccc(CCN(C)c2ccccc2C(N)=S)cc1. The first-order valence-corrected chi connectivity index (χ1v) is 7.25. The molecule has 0 fully saturated rings. The van der Waals surface area contributed by atoms with Gasteiger partial charge in [0.05, 0.1) is 7.11 Å². The number of para-hydroxylation sites is 1. The molecule has 0 aliphatic carbocycles. The Labute approximate surface area is 131 Å². The number of anilines is 1. The molecule has 0 spiro atoms. The molecule has 0 aliphatic rings. The largest absolute Gasteiger partial charge is 0.497 e. The molecule has 0 saturated carbocycles. The summed E-state index contributed by atoms with van der Waals surface area (Å²) in [5.74, 6) is 0.880. The Hall–Kier alpha value is -2.07. The molecule has 0 radical (unpaired) electrons. The van der Waals surface area contributed by atoms with Crippen molar-refractivity contribution in [2.45, 2.75) is 6.42 Å². The van der Waals surface area contributed by atoms with Crippen LogP contribution in [0.2, 0.25) is 0 Å². The van der Waals surface area contributed by atoms with E-state index in [1.807, 2.05) is 36.4 Å². The first kappa shape index (κ1) is 15.3. The first-order chi connectivity index (χ1) is 10.1. The molecule has 0 heterocycles. The molecular formula is C17H20N2OS. The normalized spacial score (nSPS) is 10.2. The van der Waals surface area contributed by atoms with Gasteiger partial charge in [-0.1, -0.05) is 36.5 Å². The summed E-state index contributed by atoms with van der Waals surface area (Å²) < 4.78 is 5.17. The minimum Gasteiger partial charge on any atom is -0.497 e. The smallest absolute Gasteiger partial charge is 0.118 e. The first-order valence-electron chi connectivity index (χ1n) is 6.84. The van der Waals surface area contributed by atoms with Gasteiger partial charge in [0.15, 0.2) is 0 Å². The molecule has 0 saturated heterocycles. The van der Waals surface area contributed by atoms with E-state index in [4.69, 9.17) is 22.7 Å². The fourth-order valence-corrected chi connectivity index (χ4v) is 2.40. The number of hydrogen-bond donors (Lipinski definition) is 1. The van der Waals surface area contributed by atoms with Crippen LogP contribution in [-0.4, -0.2) is 25.7 Å². The lowest BCUT2D eigenvalue weighted by atomic mass is 10.1. The molecule has 110 valence electrons. The zero-order valence-corrected chi connectivity index (χ0v) is 13.2. The van der Waals surface area contributed by atoms with Crippen LogP contribution in [0.25, 0.3) is 0 Å². The lowest BCUT2D eigenvalue weighted by molar-refractivity contribution is 0.414. The van der Waals surface area contributed by atoms with Crippen molar-refractivity contribution in [2.75, 3.05) is 25.6 Å². The monoisotopic (exact) mass is 300 g/mol. The zero-order valence-electron chi connectivity index (χ0n) is 12.4. The Morgan fingerprint density at radius 1 is 1.14 bits per heavy atom. The van der Waals surface area contributed by atoms with E-state index in [-0.39, 0.29) is 0 Å². The Morgan fingerprint density at radius 2 is 1.81 bits per heavy atom. The fourth-order valence-electron chi connectivity index (χ4n) is 2.22. The second-order valence-corrected chi connectivity index (χ2v) is 5.34. The minimum atomic E-state index is 0.432. The summed E-state index contributed by atoms with van der Waals surface area (Å²) in [5.41, 5.74) is 9.05. The molecule has 0 amide bonds.